The van der Waals surface area contributed by atoms with Crippen molar-refractivity contribution in [2.45, 2.75) is 39.2 Å². The summed E-state index contributed by atoms with van der Waals surface area (Å²) in [6.45, 7) is 6.50. The molecule has 0 radical (unpaired) electrons. The molecule has 1 aromatic rings. The topological polar surface area (TPSA) is 26.0 Å². The minimum atomic E-state index is 0.202. The van der Waals surface area contributed by atoms with Gasteiger partial charge in [-0.25, -0.2) is 0 Å². The molecule has 2 atom stereocenters. The Morgan fingerprint density at radius 2 is 2.00 bits per heavy atom. The highest BCUT2D eigenvalue weighted by molar-refractivity contribution is 6.30. The van der Waals surface area contributed by atoms with Gasteiger partial charge in [0, 0.05) is 11.1 Å². The van der Waals surface area contributed by atoms with Crippen LogP contribution in [0.25, 0.3) is 0 Å². The maximum absolute atomic E-state index is 6.21. The van der Waals surface area contributed by atoms with E-state index >= 15 is 0 Å². The molecule has 2 heteroatoms. The summed E-state index contributed by atoms with van der Waals surface area (Å²) in [7, 11) is 0. The monoisotopic (exact) mass is 225 g/mol. The third-order valence-electron chi connectivity index (χ3n) is 2.95. The molecule has 0 amide bonds. The Hall–Kier alpha value is -0.530. The molecule has 0 aromatic heterocycles. The van der Waals surface area contributed by atoms with E-state index in [1.54, 1.807) is 0 Å². The van der Waals surface area contributed by atoms with E-state index in [2.05, 4.69) is 26.8 Å². The van der Waals surface area contributed by atoms with Crippen molar-refractivity contribution in [1.82, 2.24) is 0 Å². The molecule has 1 rings (SSSR count). The van der Waals surface area contributed by atoms with Crippen LogP contribution in [0, 0.1) is 5.92 Å². The number of rotatable bonds is 4. The predicted molar refractivity (Wildman–Crippen MR) is 67.3 cm³/mol. The van der Waals surface area contributed by atoms with Crippen LogP contribution in [0.15, 0.2) is 24.3 Å². The van der Waals surface area contributed by atoms with Crippen LogP contribution in [0.1, 0.15) is 38.7 Å². The van der Waals surface area contributed by atoms with Gasteiger partial charge in [0.05, 0.1) is 0 Å². The Labute approximate surface area is 97.6 Å². The molecule has 1 nitrogen and oxygen atoms in total. The van der Waals surface area contributed by atoms with Crippen molar-refractivity contribution in [3.63, 3.8) is 0 Å². The third kappa shape index (κ3) is 3.22. The van der Waals surface area contributed by atoms with Crippen molar-refractivity contribution < 1.29 is 0 Å². The van der Waals surface area contributed by atoms with E-state index in [4.69, 9.17) is 17.3 Å². The van der Waals surface area contributed by atoms with Crippen LogP contribution >= 0.6 is 11.6 Å². The fourth-order valence-electron chi connectivity index (χ4n) is 1.93. The van der Waals surface area contributed by atoms with Crippen molar-refractivity contribution in [3.8, 4) is 0 Å². The molecule has 0 spiro atoms. The molecule has 0 bridgehead atoms. The molecule has 15 heavy (non-hydrogen) atoms. The first-order valence-electron chi connectivity index (χ1n) is 5.57. The number of benzene rings is 1. The molecule has 0 fully saturated rings. The Balaban J connectivity index is 2.92. The van der Waals surface area contributed by atoms with Gasteiger partial charge in [-0.3, -0.25) is 0 Å². The van der Waals surface area contributed by atoms with E-state index in [1.807, 2.05) is 18.2 Å². The maximum Gasteiger partial charge on any atom is 0.0408 e. The summed E-state index contributed by atoms with van der Waals surface area (Å²) >= 11 is 5.99. The van der Waals surface area contributed by atoms with Crippen LogP contribution in [0.4, 0.5) is 0 Å². The van der Waals surface area contributed by atoms with Gasteiger partial charge in [-0.1, -0.05) is 44.5 Å². The van der Waals surface area contributed by atoms with Gasteiger partial charge >= 0.3 is 0 Å². The van der Waals surface area contributed by atoms with Gasteiger partial charge in [-0.2, -0.15) is 0 Å². The molecule has 2 N–H and O–H groups in total. The highest BCUT2D eigenvalue weighted by Gasteiger charge is 2.20. The first-order chi connectivity index (χ1) is 7.06. The first kappa shape index (κ1) is 12.5. The fourth-order valence-corrected chi connectivity index (χ4v) is 2.13. The van der Waals surface area contributed by atoms with Gasteiger partial charge in [-0.15, -0.1) is 0 Å². The van der Waals surface area contributed by atoms with Crippen molar-refractivity contribution in [2.24, 2.45) is 11.7 Å². The quantitative estimate of drug-likeness (QED) is 0.829. The van der Waals surface area contributed by atoms with E-state index in [9.17, 15) is 0 Å². The second-order valence-electron chi connectivity index (χ2n) is 4.39. The average molecular weight is 226 g/mol. The van der Waals surface area contributed by atoms with Crippen LogP contribution in [-0.4, -0.2) is 6.04 Å². The first-order valence-corrected chi connectivity index (χ1v) is 5.95. The highest BCUT2D eigenvalue weighted by Crippen LogP contribution is 2.27. The maximum atomic E-state index is 6.21. The summed E-state index contributed by atoms with van der Waals surface area (Å²) in [4.78, 5) is 0. The van der Waals surface area contributed by atoms with Crippen LogP contribution in [0.5, 0.6) is 0 Å². The van der Waals surface area contributed by atoms with Gasteiger partial charge < -0.3 is 5.73 Å². The van der Waals surface area contributed by atoms with Crippen molar-refractivity contribution >= 4 is 11.6 Å². The van der Waals surface area contributed by atoms with Crippen molar-refractivity contribution in [2.75, 3.05) is 0 Å². The molecule has 0 saturated heterocycles. The minimum absolute atomic E-state index is 0.202. The van der Waals surface area contributed by atoms with E-state index in [0.717, 1.165) is 11.4 Å². The SMILES string of the molecule is CCC(c1cccc(Cl)c1)C(N)C(C)C. The van der Waals surface area contributed by atoms with Crippen LogP contribution in [-0.2, 0) is 0 Å². The van der Waals surface area contributed by atoms with Crippen LogP contribution < -0.4 is 5.73 Å². The summed E-state index contributed by atoms with van der Waals surface area (Å²) in [5, 5.41) is 0.793. The molecule has 0 aliphatic heterocycles. The number of halogens is 1. The summed E-state index contributed by atoms with van der Waals surface area (Å²) < 4.78 is 0. The normalized spacial score (nSPS) is 15.3. The predicted octanol–water partition coefficient (Wildman–Crippen LogP) is 3.82. The molecule has 0 saturated carbocycles. The van der Waals surface area contributed by atoms with Crippen molar-refractivity contribution in [1.29, 1.82) is 0 Å². The van der Waals surface area contributed by atoms with Gasteiger partial charge in [-0.05, 0) is 36.0 Å². The molecular formula is C13H20ClN. The van der Waals surface area contributed by atoms with E-state index in [1.165, 1.54) is 5.56 Å². The lowest BCUT2D eigenvalue weighted by Gasteiger charge is -2.26. The van der Waals surface area contributed by atoms with E-state index in [0.29, 0.717) is 11.8 Å². The molecular weight excluding hydrogens is 206 g/mol. The van der Waals surface area contributed by atoms with Gasteiger partial charge in [0.2, 0.25) is 0 Å². The van der Waals surface area contributed by atoms with Crippen LogP contribution in [0.3, 0.4) is 0 Å². The number of hydrogen-bond donors (Lipinski definition) is 1. The van der Waals surface area contributed by atoms with Crippen LogP contribution in [0.2, 0.25) is 5.02 Å². The minimum Gasteiger partial charge on any atom is -0.327 e. The van der Waals surface area contributed by atoms with Gasteiger partial charge in [0.25, 0.3) is 0 Å². The molecule has 2 unspecified atom stereocenters. The second-order valence-corrected chi connectivity index (χ2v) is 4.83. The fraction of sp³-hybridized carbons (Fsp3) is 0.538. The summed E-state index contributed by atoms with van der Waals surface area (Å²) in [5.74, 6) is 0.901. The standard InChI is InChI=1S/C13H20ClN/c1-4-12(13(15)9(2)3)10-6-5-7-11(14)8-10/h5-9,12-13H,4,15H2,1-3H3. The lowest BCUT2D eigenvalue weighted by molar-refractivity contribution is 0.408. The molecule has 0 heterocycles. The largest absolute Gasteiger partial charge is 0.327 e. The summed E-state index contributed by atoms with van der Waals surface area (Å²) in [5.41, 5.74) is 7.47. The third-order valence-corrected chi connectivity index (χ3v) is 3.19. The molecule has 0 aliphatic rings. The highest BCUT2D eigenvalue weighted by atomic mass is 35.5. The van der Waals surface area contributed by atoms with E-state index in [-0.39, 0.29) is 6.04 Å². The zero-order valence-electron chi connectivity index (χ0n) is 9.70. The average Bonchev–Trinajstić information content (AvgIpc) is 2.18. The Morgan fingerprint density at radius 1 is 1.33 bits per heavy atom. The zero-order valence-corrected chi connectivity index (χ0v) is 10.5. The second kappa shape index (κ2) is 5.53. The Kier molecular flexibility index (Phi) is 4.62. The lowest BCUT2D eigenvalue weighted by atomic mass is 9.84. The summed E-state index contributed by atoms with van der Waals surface area (Å²) in [6.07, 6.45) is 1.06. The van der Waals surface area contributed by atoms with Gasteiger partial charge in [0.1, 0.15) is 0 Å². The smallest absolute Gasteiger partial charge is 0.0408 e. The number of nitrogens with two attached hydrogens (primary N) is 1. The van der Waals surface area contributed by atoms with E-state index < -0.39 is 0 Å². The lowest BCUT2D eigenvalue weighted by Crippen LogP contribution is -2.33. The zero-order chi connectivity index (χ0) is 11.4. The Morgan fingerprint density at radius 3 is 2.47 bits per heavy atom. The van der Waals surface area contributed by atoms with Crippen molar-refractivity contribution in [3.05, 3.63) is 34.9 Å². The summed E-state index contributed by atoms with van der Waals surface area (Å²) in [6, 6.07) is 8.24. The number of hydrogen-bond acceptors (Lipinski definition) is 1. The van der Waals surface area contributed by atoms with Gasteiger partial charge in [0.15, 0.2) is 0 Å². The Bertz CT molecular complexity index is 309. The molecule has 84 valence electrons. The molecule has 0 aliphatic carbocycles. The molecule has 1 aromatic carbocycles.